The van der Waals surface area contributed by atoms with Gasteiger partial charge in [-0.3, -0.25) is 19.3 Å². The molecule has 0 saturated heterocycles. The topological polar surface area (TPSA) is 87.7 Å². The summed E-state index contributed by atoms with van der Waals surface area (Å²) in [4.78, 5) is 41.6. The molecule has 0 unspecified atom stereocenters. The van der Waals surface area contributed by atoms with E-state index in [1.807, 2.05) is 20.8 Å². The first kappa shape index (κ1) is 26.9. The van der Waals surface area contributed by atoms with Gasteiger partial charge in [-0.1, -0.05) is 25.1 Å². The smallest absolute Gasteiger partial charge is 0.261 e. The zero-order valence-electron chi connectivity index (χ0n) is 20.7. The van der Waals surface area contributed by atoms with Gasteiger partial charge in [0.2, 0.25) is 11.8 Å². The third-order valence-electron chi connectivity index (χ3n) is 5.78. The fraction of sp³-hybridized carbons (Fsp3) is 0.296. The zero-order valence-corrected chi connectivity index (χ0v) is 21.5. The SMILES string of the molecule is CCC(C)(C)NC(=O)[C@H](c1cccc(OC)c1)N(C(=O)CNC(=O)c1cccs1)c1ccc(F)cc1. The molecule has 1 heterocycles. The van der Waals surface area contributed by atoms with Gasteiger partial charge in [0.1, 0.15) is 17.6 Å². The van der Waals surface area contributed by atoms with E-state index in [0.29, 0.717) is 28.3 Å². The number of anilines is 1. The Hall–Kier alpha value is -3.72. The van der Waals surface area contributed by atoms with Crippen LogP contribution < -0.4 is 20.3 Å². The second-order valence-corrected chi connectivity index (χ2v) is 9.75. The molecule has 36 heavy (non-hydrogen) atoms. The summed E-state index contributed by atoms with van der Waals surface area (Å²) in [5.74, 6) is -1.32. The standard InChI is InChI=1S/C27H30FN3O4S/c1-5-27(2,3)30-26(34)24(18-8-6-9-21(16-18)35-4)31(20-13-11-19(28)12-14-20)23(32)17-29-25(33)22-10-7-15-36-22/h6-16,24H,5,17H2,1-4H3,(H,29,33)(H,30,34)/t24-/m0/s1. The molecular weight excluding hydrogens is 481 g/mol. The fourth-order valence-corrected chi connectivity index (χ4v) is 4.13. The van der Waals surface area contributed by atoms with Gasteiger partial charge >= 0.3 is 0 Å². The molecule has 0 aliphatic rings. The van der Waals surface area contributed by atoms with E-state index in [4.69, 9.17) is 4.74 Å². The van der Waals surface area contributed by atoms with Crippen molar-refractivity contribution in [1.29, 1.82) is 0 Å². The van der Waals surface area contributed by atoms with Gasteiger partial charge in [0.05, 0.1) is 18.5 Å². The van der Waals surface area contributed by atoms with Gasteiger partial charge in [-0.15, -0.1) is 11.3 Å². The summed E-state index contributed by atoms with van der Waals surface area (Å²) < 4.78 is 19.1. The molecular formula is C27H30FN3O4S. The number of nitrogens with zero attached hydrogens (tertiary/aromatic N) is 1. The number of rotatable bonds is 10. The Labute approximate surface area is 214 Å². The normalized spacial score (nSPS) is 11.9. The largest absolute Gasteiger partial charge is 0.497 e. The van der Waals surface area contributed by atoms with Crippen LogP contribution in [-0.4, -0.2) is 36.9 Å². The van der Waals surface area contributed by atoms with Crippen LogP contribution >= 0.6 is 11.3 Å². The van der Waals surface area contributed by atoms with E-state index in [2.05, 4.69) is 10.6 Å². The van der Waals surface area contributed by atoms with Crippen molar-refractivity contribution in [1.82, 2.24) is 10.6 Å². The summed E-state index contributed by atoms with van der Waals surface area (Å²) in [7, 11) is 1.51. The number of ether oxygens (including phenoxy) is 1. The van der Waals surface area contributed by atoms with Crippen molar-refractivity contribution in [2.45, 2.75) is 38.8 Å². The first-order valence-corrected chi connectivity index (χ1v) is 12.4. The number of benzene rings is 2. The average Bonchev–Trinajstić information content (AvgIpc) is 3.41. The van der Waals surface area contributed by atoms with Crippen molar-refractivity contribution >= 4 is 34.7 Å². The average molecular weight is 512 g/mol. The molecule has 0 saturated carbocycles. The monoisotopic (exact) mass is 511 g/mol. The lowest BCUT2D eigenvalue weighted by Crippen LogP contribution is -2.52. The molecule has 1 aromatic heterocycles. The van der Waals surface area contributed by atoms with Crippen LogP contribution in [0.1, 0.15) is 48.5 Å². The summed E-state index contributed by atoms with van der Waals surface area (Å²) in [5.41, 5.74) is 0.268. The number of carbonyl (C=O) groups is 3. The van der Waals surface area contributed by atoms with Crippen LogP contribution in [-0.2, 0) is 9.59 Å². The highest BCUT2D eigenvalue weighted by atomic mass is 32.1. The van der Waals surface area contributed by atoms with E-state index >= 15 is 0 Å². The second kappa shape index (κ2) is 11.8. The first-order valence-electron chi connectivity index (χ1n) is 11.5. The van der Waals surface area contributed by atoms with E-state index < -0.39 is 35.1 Å². The van der Waals surface area contributed by atoms with Crippen molar-refractivity contribution in [3.05, 3.63) is 82.3 Å². The van der Waals surface area contributed by atoms with E-state index in [1.54, 1.807) is 41.8 Å². The minimum atomic E-state index is -1.11. The Morgan fingerprint density at radius 1 is 1.08 bits per heavy atom. The van der Waals surface area contributed by atoms with Crippen LogP contribution in [0.2, 0.25) is 0 Å². The maximum Gasteiger partial charge on any atom is 0.261 e. The molecule has 7 nitrogen and oxygen atoms in total. The van der Waals surface area contributed by atoms with Gasteiger partial charge in [-0.2, -0.15) is 0 Å². The molecule has 2 N–H and O–H groups in total. The van der Waals surface area contributed by atoms with E-state index in [-0.39, 0.29) is 6.54 Å². The number of carbonyl (C=O) groups excluding carboxylic acids is 3. The van der Waals surface area contributed by atoms with Crippen LogP contribution in [0.5, 0.6) is 5.75 Å². The number of amides is 3. The van der Waals surface area contributed by atoms with Gasteiger partial charge < -0.3 is 15.4 Å². The van der Waals surface area contributed by atoms with Gasteiger partial charge in [0.15, 0.2) is 0 Å². The van der Waals surface area contributed by atoms with Crippen molar-refractivity contribution in [3.63, 3.8) is 0 Å². The Balaban J connectivity index is 2.04. The zero-order chi connectivity index (χ0) is 26.3. The van der Waals surface area contributed by atoms with Crippen LogP contribution in [0.3, 0.4) is 0 Å². The van der Waals surface area contributed by atoms with Crippen LogP contribution in [0.25, 0.3) is 0 Å². The maximum absolute atomic E-state index is 13.8. The number of methoxy groups -OCH3 is 1. The Morgan fingerprint density at radius 3 is 2.42 bits per heavy atom. The Bertz CT molecular complexity index is 1200. The molecule has 2 aromatic carbocycles. The molecule has 1 atom stereocenters. The third-order valence-corrected chi connectivity index (χ3v) is 6.65. The quantitative estimate of drug-likeness (QED) is 0.413. The van der Waals surface area contributed by atoms with Crippen molar-refractivity contribution in [3.8, 4) is 5.75 Å². The summed E-state index contributed by atoms with van der Waals surface area (Å²) in [6.07, 6.45) is 0.658. The van der Waals surface area contributed by atoms with Crippen molar-refractivity contribution in [2.75, 3.05) is 18.6 Å². The highest BCUT2D eigenvalue weighted by Gasteiger charge is 2.35. The molecule has 0 spiro atoms. The lowest BCUT2D eigenvalue weighted by atomic mass is 9.98. The molecule has 3 amide bonds. The van der Waals surface area contributed by atoms with E-state index in [9.17, 15) is 18.8 Å². The third kappa shape index (κ3) is 6.69. The van der Waals surface area contributed by atoms with Crippen molar-refractivity contribution in [2.24, 2.45) is 0 Å². The molecule has 0 radical (unpaired) electrons. The summed E-state index contributed by atoms with van der Waals surface area (Å²) in [5, 5.41) is 7.40. The summed E-state index contributed by atoms with van der Waals surface area (Å²) in [6, 6.07) is 14.4. The first-order chi connectivity index (χ1) is 17.1. The number of hydrogen-bond acceptors (Lipinski definition) is 5. The minimum Gasteiger partial charge on any atom is -0.497 e. The van der Waals surface area contributed by atoms with E-state index in [0.717, 1.165) is 0 Å². The van der Waals surface area contributed by atoms with Crippen LogP contribution in [0.4, 0.5) is 10.1 Å². The highest BCUT2D eigenvalue weighted by molar-refractivity contribution is 7.12. The molecule has 3 aromatic rings. The lowest BCUT2D eigenvalue weighted by molar-refractivity contribution is -0.127. The molecule has 3 rings (SSSR count). The molecule has 0 bridgehead atoms. The molecule has 0 aliphatic heterocycles. The van der Waals surface area contributed by atoms with Gasteiger partial charge in [-0.05, 0) is 73.7 Å². The Morgan fingerprint density at radius 2 is 1.81 bits per heavy atom. The lowest BCUT2D eigenvalue weighted by Gasteiger charge is -2.34. The molecule has 0 aliphatic carbocycles. The second-order valence-electron chi connectivity index (χ2n) is 8.81. The number of nitrogens with one attached hydrogen (secondary N) is 2. The molecule has 9 heteroatoms. The fourth-order valence-electron chi connectivity index (χ4n) is 3.49. The predicted molar refractivity (Wildman–Crippen MR) is 139 cm³/mol. The van der Waals surface area contributed by atoms with Crippen LogP contribution in [0.15, 0.2) is 66.0 Å². The van der Waals surface area contributed by atoms with Crippen molar-refractivity contribution < 1.29 is 23.5 Å². The van der Waals surface area contributed by atoms with Gasteiger partial charge in [-0.25, -0.2) is 4.39 Å². The number of hydrogen-bond donors (Lipinski definition) is 2. The highest BCUT2D eigenvalue weighted by Crippen LogP contribution is 2.31. The molecule has 190 valence electrons. The van der Waals surface area contributed by atoms with E-state index in [1.165, 1.54) is 47.6 Å². The number of thiophene rings is 1. The molecule has 0 fully saturated rings. The summed E-state index contributed by atoms with van der Waals surface area (Å²) >= 11 is 1.25. The van der Waals surface area contributed by atoms with Crippen LogP contribution in [0, 0.1) is 5.82 Å². The van der Waals surface area contributed by atoms with Gasteiger partial charge in [0, 0.05) is 11.2 Å². The number of halogens is 1. The Kier molecular flexibility index (Phi) is 8.82. The summed E-state index contributed by atoms with van der Waals surface area (Å²) in [6.45, 7) is 5.36. The maximum atomic E-state index is 13.8. The predicted octanol–water partition coefficient (Wildman–Crippen LogP) is 4.70. The van der Waals surface area contributed by atoms with Gasteiger partial charge in [0.25, 0.3) is 5.91 Å². The minimum absolute atomic E-state index is 0.309.